The number of hydrogen-bond donors (Lipinski definition) is 1. The van der Waals surface area contributed by atoms with Gasteiger partial charge in [-0.3, -0.25) is 4.79 Å². The monoisotopic (exact) mass is 400 g/mol. The summed E-state index contributed by atoms with van der Waals surface area (Å²) in [6.07, 6.45) is 1.75. The fraction of sp³-hybridized carbons (Fsp3) is 0.238. The third kappa shape index (κ3) is 5.16. The summed E-state index contributed by atoms with van der Waals surface area (Å²) in [6.45, 7) is 4.98. The molecular formula is C21H21ClN2O2S. The van der Waals surface area contributed by atoms with Crippen molar-refractivity contribution >= 4 is 28.8 Å². The van der Waals surface area contributed by atoms with E-state index in [1.807, 2.05) is 62.4 Å². The van der Waals surface area contributed by atoms with Crippen molar-refractivity contribution in [2.75, 3.05) is 0 Å². The van der Waals surface area contributed by atoms with Gasteiger partial charge in [-0.25, -0.2) is 4.98 Å². The second kappa shape index (κ2) is 9.13. The molecule has 0 saturated carbocycles. The largest absolute Gasteiger partial charge is 0.374 e. The van der Waals surface area contributed by atoms with Crippen LogP contribution >= 0.6 is 22.9 Å². The highest BCUT2D eigenvalue weighted by Crippen LogP contribution is 2.30. The summed E-state index contributed by atoms with van der Waals surface area (Å²) in [5.74, 6) is -0.148. The Balaban J connectivity index is 1.66. The number of amides is 1. The maximum Gasteiger partial charge on any atom is 0.263 e. The Kier molecular flexibility index (Phi) is 6.61. The third-order valence-electron chi connectivity index (χ3n) is 3.96. The Morgan fingerprint density at radius 2 is 1.85 bits per heavy atom. The first kappa shape index (κ1) is 19.5. The van der Waals surface area contributed by atoms with Gasteiger partial charge in [0, 0.05) is 12.1 Å². The minimum absolute atomic E-state index is 0.148. The van der Waals surface area contributed by atoms with Gasteiger partial charge >= 0.3 is 0 Å². The van der Waals surface area contributed by atoms with Crippen molar-refractivity contribution in [3.63, 3.8) is 0 Å². The summed E-state index contributed by atoms with van der Waals surface area (Å²) in [5.41, 5.74) is 2.95. The number of carbonyl (C=O) groups excluding carboxylic acids is 1. The highest BCUT2D eigenvalue weighted by molar-refractivity contribution is 7.17. The van der Waals surface area contributed by atoms with Crippen LogP contribution in [0.25, 0.3) is 10.6 Å². The van der Waals surface area contributed by atoms with E-state index in [0.717, 1.165) is 21.7 Å². The van der Waals surface area contributed by atoms with Crippen LogP contribution in [0.2, 0.25) is 5.02 Å². The van der Waals surface area contributed by atoms with Gasteiger partial charge in [-0.2, -0.15) is 0 Å². The topological polar surface area (TPSA) is 51.2 Å². The number of rotatable bonds is 7. The van der Waals surface area contributed by atoms with Crippen LogP contribution in [-0.2, 0) is 17.9 Å². The van der Waals surface area contributed by atoms with Crippen molar-refractivity contribution in [1.82, 2.24) is 10.3 Å². The van der Waals surface area contributed by atoms with Gasteiger partial charge in [0.05, 0.1) is 23.9 Å². The van der Waals surface area contributed by atoms with Crippen LogP contribution in [0.15, 0.2) is 54.7 Å². The molecule has 0 bridgehead atoms. The van der Waals surface area contributed by atoms with Crippen LogP contribution < -0.4 is 5.32 Å². The summed E-state index contributed by atoms with van der Waals surface area (Å²) < 4.78 is 5.69. The smallest absolute Gasteiger partial charge is 0.263 e. The second-order valence-corrected chi connectivity index (χ2v) is 7.76. The lowest BCUT2D eigenvalue weighted by Gasteiger charge is -2.12. The van der Waals surface area contributed by atoms with Gasteiger partial charge in [0.2, 0.25) is 0 Å². The molecule has 1 N–H and O–H groups in total. The van der Waals surface area contributed by atoms with Crippen molar-refractivity contribution in [1.29, 1.82) is 0 Å². The standard InChI is InChI=1S/C21H21ClN2O2S/c1-14(2)26-13-16-8-4-3-7-15(16)11-23-20(25)19-12-24-21(27-19)17-9-5-6-10-18(17)22/h3-10,12,14H,11,13H2,1-2H3,(H,23,25). The minimum Gasteiger partial charge on any atom is -0.374 e. The van der Waals surface area contributed by atoms with Gasteiger partial charge in [-0.15, -0.1) is 11.3 Å². The Morgan fingerprint density at radius 1 is 1.15 bits per heavy atom. The summed E-state index contributed by atoms with van der Waals surface area (Å²) in [6, 6.07) is 15.4. The van der Waals surface area contributed by atoms with E-state index in [2.05, 4.69) is 10.3 Å². The molecule has 140 valence electrons. The molecule has 0 saturated heterocycles. The van der Waals surface area contributed by atoms with E-state index in [9.17, 15) is 4.79 Å². The van der Waals surface area contributed by atoms with E-state index in [0.29, 0.717) is 23.1 Å². The number of benzene rings is 2. The highest BCUT2D eigenvalue weighted by atomic mass is 35.5. The van der Waals surface area contributed by atoms with E-state index in [1.165, 1.54) is 11.3 Å². The molecule has 3 rings (SSSR count). The van der Waals surface area contributed by atoms with Crippen LogP contribution in [0, 0.1) is 0 Å². The number of ether oxygens (including phenoxy) is 1. The van der Waals surface area contributed by atoms with E-state index >= 15 is 0 Å². The maximum atomic E-state index is 12.5. The van der Waals surface area contributed by atoms with Crippen molar-refractivity contribution in [2.45, 2.75) is 33.1 Å². The summed E-state index contributed by atoms with van der Waals surface area (Å²) in [5, 5.41) is 4.32. The molecule has 0 unspecified atom stereocenters. The minimum atomic E-state index is -0.148. The number of hydrogen-bond acceptors (Lipinski definition) is 4. The predicted molar refractivity (Wildman–Crippen MR) is 110 cm³/mol. The lowest BCUT2D eigenvalue weighted by atomic mass is 10.1. The summed E-state index contributed by atoms with van der Waals surface area (Å²) >= 11 is 7.54. The average Bonchev–Trinajstić information content (AvgIpc) is 3.15. The molecule has 1 amide bonds. The highest BCUT2D eigenvalue weighted by Gasteiger charge is 2.14. The third-order valence-corrected chi connectivity index (χ3v) is 5.32. The van der Waals surface area contributed by atoms with Crippen LogP contribution in [0.1, 0.15) is 34.6 Å². The Hall–Kier alpha value is -2.21. The Morgan fingerprint density at radius 3 is 2.59 bits per heavy atom. The molecule has 6 heteroatoms. The number of carbonyl (C=O) groups is 1. The van der Waals surface area contributed by atoms with Gasteiger partial charge in [-0.1, -0.05) is 54.1 Å². The quantitative estimate of drug-likeness (QED) is 0.584. The SMILES string of the molecule is CC(C)OCc1ccccc1CNC(=O)c1cnc(-c2ccccc2Cl)s1. The molecule has 0 spiro atoms. The molecule has 0 aliphatic rings. The zero-order valence-corrected chi connectivity index (χ0v) is 16.8. The predicted octanol–water partition coefficient (Wildman–Crippen LogP) is 5.32. The van der Waals surface area contributed by atoms with Crippen molar-refractivity contribution in [3.8, 4) is 10.6 Å². The fourth-order valence-corrected chi connectivity index (χ4v) is 3.68. The van der Waals surface area contributed by atoms with Crippen molar-refractivity contribution in [3.05, 3.63) is 75.8 Å². The van der Waals surface area contributed by atoms with E-state index in [-0.39, 0.29) is 12.0 Å². The van der Waals surface area contributed by atoms with Gasteiger partial charge in [0.25, 0.3) is 5.91 Å². The van der Waals surface area contributed by atoms with Crippen LogP contribution in [0.3, 0.4) is 0 Å². The number of thiazole rings is 1. The number of nitrogens with one attached hydrogen (secondary N) is 1. The van der Waals surface area contributed by atoms with Gasteiger partial charge in [0.1, 0.15) is 9.88 Å². The molecule has 0 radical (unpaired) electrons. The fourth-order valence-electron chi connectivity index (χ4n) is 2.53. The number of halogens is 1. The van der Waals surface area contributed by atoms with Crippen molar-refractivity contribution < 1.29 is 9.53 Å². The zero-order chi connectivity index (χ0) is 19.2. The normalized spacial score (nSPS) is 11.0. The molecule has 0 aliphatic carbocycles. The second-order valence-electron chi connectivity index (χ2n) is 6.32. The average molecular weight is 401 g/mol. The summed E-state index contributed by atoms with van der Waals surface area (Å²) in [7, 11) is 0. The van der Waals surface area contributed by atoms with E-state index in [4.69, 9.17) is 16.3 Å². The molecule has 27 heavy (non-hydrogen) atoms. The van der Waals surface area contributed by atoms with Gasteiger partial charge < -0.3 is 10.1 Å². The molecule has 2 aromatic carbocycles. The molecule has 3 aromatic rings. The molecule has 0 aliphatic heterocycles. The summed E-state index contributed by atoms with van der Waals surface area (Å²) in [4.78, 5) is 17.4. The lowest BCUT2D eigenvalue weighted by molar-refractivity contribution is 0.0651. The van der Waals surface area contributed by atoms with Gasteiger partial charge in [0.15, 0.2) is 0 Å². The molecule has 0 atom stereocenters. The molecule has 1 heterocycles. The first-order valence-corrected chi connectivity index (χ1v) is 9.91. The first-order valence-electron chi connectivity index (χ1n) is 8.72. The molecular weight excluding hydrogens is 380 g/mol. The first-order chi connectivity index (χ1) is 13.0. The Labute approximate surface area is 168 Å². The molecule has 1 aromatic heterocycles. The lowest BCUT2D eigenvalue weighted by Crippen LogP contribution is -2.22. The number of nitrogens with zero attached hydrogens (tertiary/aromatic N) is 1. The molecule has 4 nitrogen and oxygen atoms in total. The zero-order valence-electron chi connectivity index (χ0n) is 15.2. The molecule has 0 fully saturated rings. The van der Waals surface area contributed by atoms with Crippen LogP contribution in [0.5, 0.6) is 0 Å². The Bertz CT molecular complexity index is 924. The van der Waals surface area contributed by atoms with E-state index in [1.54, 1.807) is 6.20 Å². The number of aromatic nitrogens is 1. The maximum absolute atomic E-state index is 12.5. The van der Waals surface area contributed by atoms with Crippen molar-refractivity contribution in [2.24, 2.45) is 0 Å². The van der Waals surface area contributed by atoms with E-state index < -0.39 is 0 Å². The van der Waals surface area contributed by atoms with Gasteiger partial charge in [-0.05, 0) is 31.0 Å². The van der Waals surface area contributed by atoms with Crippen LogP contribution in [0.4, 0.5) is 0 Å². The van der Waals surface area contributed by atoms with Crippen LogP contribution in [-0.4, -0.2) is 17.0 Å².